The quantitative estimate of drug-likeness (QED) is 0.871. The first-order chi connectivity index (χ1) is 10.1. The number of benzene rings is 2. The van der Waals surface area contributed by atoms with E-state index in [4.69, 9.17) is 27.9 Å². The second-order valence-electron chi connectivity index (χ2n) is 4.11. The normalized spacial score (nSPS) is 10.0. The third-order valence-corrected chi connectivity index (χ3v) is 3.14. The standard InChI is InChI=1S/C15H11Cl2NO3/c16-11-7-5-10(6-8-11)15(20)21-9-14(19)18-13-4-2-1-3-12(13)17/h1-8H,9H2,(H,18,19). The van der Waals surface area contributed by atoms with Crippen molar-refractivity contribution in [1.82, 2.24) is 0 Å². The number of hydrogen-bond donors (Lipinski definition) is 1. The van der Waals surface area contributed by atoms with E-state index in [0.29, 0.717) is 21.3 Å². The number of ether oxygens (including phenoxy) is 1. The van der Waals surface area contributed by atoms with Gasteiger partial charge in [0.15, 0.2) is 6.61 Å². The number of anilines is 1. The average Bonchev–Trinajstić information content (AvgIpc) is 2.48. The largest absolute Gasteiger partial charge is 0.452 e. The molecule has 21 heavy (non-hydrogen) atoms. The molecule has 2 aromatic carbocycles. The van der Waals surface area contributed by atoms with E-state index in [1.807, 2.05) is 0 Å². The van der Waals surface area contributed by atoms with Gasteiger partial charge in [0, 0.05) is 5.02 Å². The SMILES string of the molecule is O=C(COC(=O)c1ccc(Cl)cc1)Nc1ccccc1Cl. The minimum Gasteiger partial charge on any atom is -0.452 e. The van der Waals surface area contributed by atoms with Crippen LogP contribution in [0.2, 0.25) is 10.0 Å². The molecule has 0 heterocycles. The Morgan fingerprint density at radius 1 is 1.00 bits per heavy atom. The zero-order valence-corrected chi connectivity index (χ0v) is 12.3. The van der Waals surface area contributed by atoms with E-state index in [2.05, 4.69) is 5.32 Å². The Hall–Kier alpha value is -2.04. The number of hydrogen-bond acceptors (Lipinski definition) is 3. The highest BCUT2D eigenvalue weighted by molar-refractivity contribution is 6.33. The molecule has 108 valence electrons. The molecule has 2 aromatic rings. The summed E-state index contributed by atoms with van der Waals surface area (Å²) in [5.41, 5.74) is 0.789. The van der Waals surface area contributed by atoms with Gasteiger partial charge in [0.1, 0.15) is 0 Å². The van der Waals surface area contributed by atoms with Gasteiger partial charge in [0.2, 0.25) is 0 Å². The van der Waals surface area contributed by atoms with Gasteiger partial charge in [0.25, 0.3) is 5.91 Å². The molecular formula is C15H11Cl2NO3. The maximum Gasteiger partial charge on any atom is 0.338 e. The molecule has 0 atom stereocenters. The van der Waals surface area contributed by atoms with Crippen molar-refractivity contribution < 1.29 is 14.3 Å². The Kier molecular flexibility index (Phi) is 5.20. The molecule has 6 heteroatoms. The van der Waals surface area contributed by atoms with Crippen LogP contribution in [-0.2, 0) is 9.53 Å². The van der Waals surface area contributed by atoms with Crippen molar-refractivity contribution in [2.45, 2.75) is 0 Å². The molecule has 0 unspecified atom stereocenters. The van der Waals surface area contributed by atoms with E-state index in [0.717, 1.165) is 0 Å². The molecule has 1 N–H and O–H groups in total. The predicted octanol–water partition coefficient (Wildman–Crippen LogP) is 3.79. The fourth-order valence-electron chi connectivity index (χ4n) is 1.55. The molecule has 0 fully saturated rings. The molecule has 1 amide bonds. The van der Waals surface area contributed by atoms with Gasteiger partial charge in [0.05, 0.1) is 16.3 Å². The maximum absolute atomic E-state index is 11.7. The average molecular weight is 324 g/mol. The number of halogens is 2. The Bertz CT molecular complexity index is 656. The molecule has 2 rings (SSSR count). The lowest BCUT2D eigenvalue weighted by Gasteiger charge is -2.07. The molecule has 4 nitrogen and oxygen atoms in total. The van der Waals surface area contributed by atoms with Crippen LogP contribution in [0.25, 0.3) is 0 Å². The summed E-state index contributed by atoms with van der Waals surface area (Å²) >= 11 is 11.6. The van der Waals surface area contributed by atoms with Crippen molar-refractivity contribution >= 4 is 40.8 Å². The minimum atomic E-state index is -0.596. The molecule has 0 aliphatic heterocycles. The molecule has 0 bridgehead atoms. The highest BCUT2D eigenvalue weighted by Crippen LogP contribution is 2.20. The molecule has 0 saturated heterocycles. The van der Waals surface area contributed by atoms with E-state index in [1.165, 1.54) is 12.1 Å². The summed E-state index contributed by atoms with van der Waals surface area (Å²) in [4.78, 5) is 23.4. The van der Waals surface area contributed by atoms with Crippen LogP contribution in [-0.4, -0.2) is 18.5 Å². The monoisotopic (exact) mass is 323 g/mol. The fraction of sp³-hybridized carbons (Fsp3) is 0.0667. The summed E-state index contributed by atoms with van der Waals surface area (Å²) in [6.07, 6.45) is 0. The van der Waals surface area contributed by atoms with Crippen LogP contribution in [0, 0.1) is 0 Å². The second kappa shape index (κ2) is 7.11. The van der Waals surface area contributed by atoms with Gasteiger partial charge in [-0.2, -0.15) is 0 Å². The van der Waals surface area contributed by atoms with Gasteiger partial charge in [-0.3, -0.25) is 4.79 Å². The highest BCUT2D eigenvalue weighted by Gasteiger charge is 2.11. The van der Waals surface area contributed by atoms with Crippen molar-refractivity contribution in [3.63, 3.8) is 0 Å². The number of amides is 1. The van der Waals surface area contributed by atoms with Crippen molar-refractivity contribution in [3.05, 3.63) is 64.1 Å². The lowest BCUT2D eigenvalue weighted by atomic mass is 10.2. The first-order valence-corrected chi connectivity index (χ1v) is 6.79. The van der Waals surface area contributed by atoms with E-state index in [1.54, 1.807) is 36.4 Å². The lowest BCUT2D eigenvalue weighted by molar-refractivity contribution is -0.119. The summed E-state index contributed by atoms with van der Waals surface area (Å²) in [6.45, 7) is -0.396. The zero-order chi connectivity index (χ0) is 15.2. The Morgan fingerprint density at radius 3 is 2.33 bits per heavy atom. The smallest absolute Gasteiger partial charge is 0.338 e. The number of esters is 1. The van der Waals surface area contributed by atoms with Crippen LogP contribution >= 0.6 is 23.2 Å². The van der Waals surface area contributed by atoms with Crippen LogP contribution in [0.15, 0.2) is 48.5 Å². The van der Waals surface area contributed by atoms with Gasteiger partial charge in [-0.25, -0.2) is 4.79 Å². The Balaban J connectivity index is 1.88. The van der Waals surface area contributed by atoms with Crippen LogP contribution in [0.4, 0.5) is 5.69 Å². The van der Waals surface area contributed by atoms with E-state index in [9.17, 15) is 9.59 Å². The number of carbonyl (C=O) groups is 2. The van der Waals surface area contributed by atoms with Crippen molar-refractivity contribution in [2.75, 3.05) is 11.9 Å². The Morgan fingerprint density at radius 2 is 1.67 bits per heavy atom. The predicted molar refractivity (Wildman–Crippen MR) is 81.8 cm³/mol. The lowest BCUT2D eigenvalue weighted by Crippen LogP contribution is -2.21. The first kappa shape index (κ1) is 15.4. The van der Waals surface area contributed by atoms with Crippen LogP contribution < -0.4 is 5.32 Å². The van der Waals surface area contributed by atoms with Gasteiger partial charge < -0.3 is 10.1 Å². The summed E-state index contributed by atoms with van der Waals surface area (Å²) in [5, 5.41) is 3.49. The van der Waals surface area contributed by atoms with E-state index in [-0.39, 0.29) is 0 Å². The minimum absolute atomic E-state index is 0.324. The summed E-state index contributed by atoms with van der Waals surface area (Å²) in [5.74, 6) is -1.06. The van der Waals surface area contributed by atoms with Crippen LogP contribution in [0.5, 0.6) is 0 Å². The molecular weight excluding hydrogens is 313 g/mol. The molecule has 0 spiro atoms. The summed E-state index contributed by atoms with van der Waals surface area (Å²) in [7, 11) is 0. The van der Waals surface area contributed by atoms with Crippen molar-refractivity contribution in [2.24, 2.45) is 0 Å². The molecule has 0 aliphatic rings. The molecule has 0 aromatic heterocycles. The zero-order valence-electron chi connectivity index (χ0n) is 10.8. The number of para-hydroxylation sites is 1. The summed E-state index contributed by atoms with van der Waals surface area (Å²) in [6, 6.07) is 13.0. The van der Waals surface area contributed by atoms with Crippen molar-refractivity contribution in [3.8, 4) is 0 Å². The molecule has 0 radical (unpaired) electrons. The topological polar surface area (TPSA) is 55.4 Å². The first-order valence-electron chi connectivity index (χ1n) is 6.03. The van der Waals surface area contributed by atoms with E-state index < -0.39 is 18.5 Å². The van der Waals surface area contributed by atoms with Gasteiger partial charge in [-0.1, -0.05) is 35.3 Å². The third kappa shape index (κ3) is 4.48. The van der Waals surface area contributed by atoms with Crippen molar-refractivity contribution in [1.29, 1.82) is 0 Å². The summed E-state index contributed by atoms with van der Waals surface area (Å²) < 4.78 is 4.90. The molecule has 0 aliphatic carbocycles. The number of nitrogens with one attached hydrogen (secondary N) is 1. The second-order valence-corrected chi connectivity index (χ2v) is 4.95. The fourth-order valence-corrected chi connectivity index (χ4v) is 1.86. The van der Waals surface area contributed by atoms with Crippen LogP contribution in [0.3, 0.4) is 0 Å². The van der Waals surface area contributed by atoms with Crippen LogP contribution in [0.1, 0.15) is 10.4 Å². The van der Waals surface area contributed by atoms with Gasteiger partial charge in [-0.05, 0) is 36.4 Å². The number of rotatable bonds is 4. The maximum atomic E-state index is 11.7. The molecule has 0 saturated carbocycles. The third-order valence-electron chi connectivity index (χ3n) is 2.56. The highest BCUT2D eigenvalue weighted by atomic mass is 35.5. The van der Waals surface area contributed by atoms with Gasteiger partial charge >= 0.3 is 5.97 Å². The van der Waals surface area contributed by atoms with E-state index >= 15 is 0 Å². The number of carbonyl (C=O) groups excluding carboxylic acids is 2. The Labute approximate surface area is 131 Å². The van der Waals surface area contributed by atoms with Gasteiger partial charge in [-0.15, -0.1) is 0 Å².